The van der Waals surface area contributed by atoms with Crippen molar-refractivity contribution >= 4 is 6.29 Å². The van der Waals surface area contributed by atoms with Gasteiger partial charge in [-0.1, -0.05) is 0 Å². The van der Waals surface area contributed by atoms with Crippen LogP contribution in [0.3, 0.4) is 0 Å². The summed E-state index contributed by atoms with van der Waals surface area (Å²) < 4.78 is 15.5. The van der Waals surface area contributed by atoms with Crippen molar-refractivity contribution in [1.82, 2.24) is 4.98 Å². The fraction of sp³-hybridized carbons (Fsp3) is 0.167. The van der Waals surface area contributed by atoms with Crippen molar-refractivity contribution < 1.29 is 18.7 Å². The maximum atomic E-state index is 10.5. The van der Waals surface area contributed by atoms with E-state index in [1.807, 2.05) is 0 Å². The van der Waals surface area contributed by atoms with E-state index in [1.165, 1.54) is 6.20 Å². The molecule has 0 unspecified atom stereocenters. The average Bonchev–Trinajstić information content (AvgIpc) is 2.86. The van der Waals surface area contributed by atoms with Gasteiger partial charge >= 0.3 is 0 Å². The highest BCUT2D eigenvalue weighted by molar-refractivity contribution is 5.71. The van der Waals surface area contributed by atoms with Crippen LogP contribution < -0.4 is 9.47 Å². The SMILES string of the molecule is COc1ccc(-c2ncc(C=O)o2)cc1OC. The maximum absolute atomic E-state index is 10.5. The third kappa shape index (κ3) is 2.13. The Bertz CT molecular complexity index is 533. The number of carbonyl (C=O) groups is 1. The Labute approximate surface area is 98.0 Å². The largest absolute Gasteiger partial charge is 0.493 e. The predicted molar refractivity (Wildman–Crippen MR) is 60.4 cm³/mol. The Kier molecular flexibility index (Phi) is 3.09. The van der Waals surface area contributed by atoms with E-state index in [-0.39, 0.29) is 5.76 Å². The minimum atomic E-state index is 0.190. The fourth-order valence-corrected chi connectivity index (χ4v) is 1.44. The number of benzene rings is 1. The van der Waals surface area contributed by atoms with Gasteiger partial charge in [0.2, 0.25) is 5.89 Å². The first-order valence-corrected chi connectivity index (χ1v) is 4.92. The van der Waals surface area contributed by atoms with E-state index in [1.54, 1.807) is 32.4 Å². The van der Waals surface area contributed by atoms with Gasteiger partial charge < -0.3 is 13.9 Å². The van der Waals surface area contributed by atoms with Crippen LogP contribution in [0.25, 0.3) is 11.5 Å². The molecule has 0 fully saturated rings. The van der Waals surface area contributed by atoms with E-state index in [0.717, 1.165) is 5.56 Å². The number of carbonyl (C=O) groups excluding carboxylic acids is 1. The molecular formula is C12H11NO4. The zero-order chi connectivity index (χ0) is 12.3. The standard InChI is InChI=1S/C12H11NO4/c1-15-10-4-3-8(5-11(10)16-2)12-13-6-9(7-14)17-12/h3-7H,1-2H3. The van der Waals surface area contributed by atoms with Gasteiger partial charge in [-0.15, -0.1) is 0 Å². The molecule has 1 aromatic heterocycles. The molecule has 0 aliphatic carbocycles. The summed E-state index contributed by atoms with van der Waals surface area (Å²) in [4.78, 5) is 14.5. The summed E-state index contributed by atoms with van der Waals surface area (Å²) in [7, 11) is 3.11. The highest BCUT2D eigenvalue weighted by Crippen LogP contribution is 2.31. The molecule has 2 rings (SSSR count). The Morgan fingerprint density at radius 2 is 2.00 bits per heavy atom. The lowest BCUT2D eigenvalue weighted by atomic mass is 10.2. The van der Waals surface area contributed by atoms with Crippen LogP contribution in [0.4, 0.5) is 0 Å². The topological polar surface area (TPSA) is 61.6 Å². The molecule has 0 aliphatic heterocycles. The molecule has 0 spiro atoms. The lowest BCUT2D eigenvalue weighted by molar-refractivity contribution is 0.110. The molecule has 1 aromatic carbocycles. The Morgan fingerprint density at radius 3 is 2.59 bits per heavy atom. The summed E-state index contributed by atoms with van der Waals surface area (Å²) in [5.74, 6) is 1.76. The summed E-state index contributed by atoms with van der Waals surface area (Å²) in [6, 6.07) is 5.26. The van der Waals surface area contributed by atoms with Crippen LogP contribution in [-0.2, 0) is 0 Å². The molecule has 0 atom stereocenters. The number of aromatic nitrogens is 1. The molecule has 5 heteroatoms. The van der Waals surface area contributed by atoms with Gasteiger partial charge in [-0.05, 0) is 18.2 Å². The second-order valence-electron chi connectivity index (χ2n) is 3.26. The quantitative estimate of drug-likeness (QED) is 0.757. The van der Waals surface area contributed by atoms with Gasteiger partial charge in [0.25, 0.3) is 0 Å². The van der Waals surface area contributed by atoms with Crippen LogP contribution in [-0.4, -0.2) is 25.5 Å². The Hall–Kier alpha value is -2.30. The number of nitrogens with zero attached hydrogens (tertiary/aromatic N) is 1. The highest BCUT2D eigenvalue weighted by atomic mass is 16.5. The third-order valence-electron chi connectivity index (χ3n) is 2.27. The van der Waals surface area contributed by atoms with Gasteiger partial charge in [0, 0.05) is 5.56 Å². The number of oxazole rings is 1. The molecule has 0 saturated heterocycles. The summed E-state index contributed by atoms with van der Waals surface area (Å²) >= 11 is 0. The normalized spacial score (nSPS) is 10.0. The predicted octanol–water partition coefficient (Wildman–Crippen LogP) is 2.17. The van der Waals surface area contributed by atoms with Crippen LogP contribution in [0.5, 0.6) is 11.5 Å². The average molecular weight is 233 g/mol. The van der Waals surface area contributed by atoms with Gasteiger partial charge in [-0.2, -0.15) is 0 Å². The van der Waals surface area contributed by atoms with Crippen molar-refractivity contribution in [2.24, 2.45) is 0 Å². The van der Waals surface area contributed by atoms with E-state index in [2.05, 4.69) is 4.98 Å². The van der Waals surface area contributed by atoms with Crippen molar-refractivity contribution in [1.29, 1.82) is 0 Å². The fourth-order valence-electron chi connectivity index (χ4n) is 1.44. The molecular weight excluding hydrogens is 222 g/mol. The van der Waals surface area contributed by atoms with E-state index >= 15 is 0 Å². The summed E-state index contributed by atoms with van der Waals surface area (Å²) in [5.41, 5.74) is 0.718. The number of hydrogen-bond donors (Lipinski definition) is 0. The van der Waals surface area contributed by atoms with Crippen molar-refractivity contribution in [2.45, 2.75) is 0 Å². The first-order valence-electron chi connectivity index (χ1n) is 4.92. The number of hydrogen-bond acceptors (Lipinski definition) is 5. The molecule has 0 N–H and O–H groups in total. The van der Waals surface area contributed by atoms with Crippen molar-refractivity contribution in [3.8, 4) is 23.0 Å². The maximum Gasteiger partial charge on any atom is 0.227 e. The van der Waals surface area contributed by atoms with Gasteiger partial charge in [0.15, 0.2) is 23.5 Å². The molecule has 88 valence electrons. The summed E-state index contributed by atoms with van der Waals surface area (Å²) in [6.07, 6.45) is 1.98. The Morgan fingerprint density at radius 1 is 1.24 bits per heavy atom. The van der Waals surface area contributed by atoms with Crippen LogP contribution in [0.2, 0.25) is 0 Å². The lowest BCUT2D eigenvalue weighted by Crippen LogP contribution is -1.90. The van der Waals surface area contributed by atoms with E-state index in [4.69, 9.17) is 13.9 Å². The highest BCUT2D eigenvalue weighted by Gasteiger charge is 2.10. The van der Waals surface area contributed by atoms with Crippen LogP contribution in [0, 0.1) is 0 Å². The molecule has 2 aromatic rings. The molecule has 0 aliphatic rings. The van der Waals surface area contributed by atoms with E-state index in [0.29, 0.717) is 23.7 Å². The zero-order valence-electron chi connectivity index (χ0n) is 9.47. The van der Waals surface area contributed by atoms with Gasteiger partial charge in [0.05, 0.1) is 20.4 Å². The lowest BCUT2D eigenvalue weighted by Gasteiger charge is -2.07. The minimum absolute atomic E-state index is 0.190. The number of ether oxygens (including phenoxy) is 2. The molecule has 5 nitrogen and oxygen atoms in total. The first-order chi connectivity index (χ1) is 8.28. The van der Waals surface area contributed by atoms with Crippen molar-refractivity contribution in [3.63, 3.8) is 0 Å². The van der Waals surface area contributed by atoms with Crippen LogP contribution in [0.15, 0.2) is 28.8 Å². The minimum Gasteiger partial charge on any atom is -0.493 e. The molecule has 0 bridgehead atoms. The number of methoxy groups -OCH3 is 2. The van der Waals surface area contributed by atoms with Gasteiger partial charge in [-0.25, -0.2) is 4.98 Å². The van der Waals surface area contributed by atoms with Crippen LogP contribution >= 0.6 is 0 Å². The second-order valence-corrected chi connectivity index (χ2v) is 3.26. The zero-order valence-corrected chi connectivity index (χ0v) is 9.47. The van der Waals surface area contributed by atoms with Crippen molar-refractivity contribution in [3.05, 3.63) is 30.2 Å². The number of rotatable bonds is 4. The number of aldehydes is 1. The molecule has 0 radical (unpaired) electrons. The molecule has 0 amide bonds. The molecule has 17 heavy (non-hydrogen) atoms. The third-order valence-corrected chi connectivity index (χ3v) is 2.27. The Balaban J connectivity index is 2.42. The summed E-state index contributed by atoms with van der Waals surface area (Å²) in [6.45, 7) is 0. The smallest absolute Gasteiger partial charge is 0.227 e. The summed E-state index contributed by atoms with van der Waals surface area (Å²) in [5, 5.41) is 0. The van der Waals surface area contributed by atoms with E-state index in [9.17, 15) is 4.79 Å². The van der Waals surface area contributed by atoms with Gasteiger partial charge in [-0.3, -0.25) is 4.79 Å². The van der Waals surface area contributed by atoms with Crippen LogP contribution in [0.1, 0.15) is 10.6 Å². The molecule has 1 heterocycles. The second kappa shape index (κ2) is 4.69. The van der Waals surface area contributed by atoms with E-state index < -0.39 is 0 Å². The first kappa shape index (κ1) is 11.2. The monoisotopic (exact) mass is 233 g/mol. The van der Waals surface area contributed by atoms with Gasteiger partial charge in [0.1, 0.15) is 0 Å². The molecule has 0 saturated carbocycles. The van der Waals surface area contributed by atoms with Crippen molar-refractivity contribution in [2.75, 3.05) is 14.2 Å².